The van der Waals surface area contributed by atoms with E-state index in [4.69, 9.17) is 4.74 Å². The van der Waals surface area contributed by atoms with Gasteiger partial charge in [-0.1, -0.05) is 18.2 Å². The third-order valence-electron chi connectivity index (χ3n) is 1.78. The maximum atomic E-state index is 10.5. The minimum absolute atomic E-state index is 0.143. The molecule has 0 saturated heterocycles. The summed E-state index contributed by atoms with van der Waals surface area (Å²) in [6, 6.07) is 0. The van der Waals surface area contributed by atoms with Crippen LogP contribution in [0.4, 0.5) is 0 Å². The first-order valence-corrected chi connectivity index (χ1v) is 5.65. The predicted molar refractivity (Wildman–Crippen MR) is 69.5 cm³/mol. The Morgan fingerprint density at radius 3 is 2.35 bits per heavy atom. The molecule has 17 heavy (non-hydrogen) atoms. The molecule has 0 rings (SSSR count). The van der Waals surface area contributed by atoms with Crippen LogP contribution in [0.15, 0.2) is 36.1 Å². The minimum Gasteiger partial charge on any atom is -0.435 e. The highest BCUT2D eigenvalue weighted by Crippen LogP contribution is 2.09. The van der Waals surface area contributed by atoms with Gasteiger partial charge in [0.2, 0.25) is 0 Å². The van der Waals surface area contributed by atoms with E-state index < -0.39 is 0 Å². The average Bonchev–Trinajstić information content (AvgIpc) is 2.20. The molecular weight excluding hydrogens is 216 g/mol. The number of hydrogen-bond donors (Lipinski definition) is 0. The molecule has 0 bridgehead atoms. The molecule has 3 nitrogen and oxygen atoms in total. The van der Waals surface area contributed by atoms with Gasteiger partial charge in [0.1, 0.15) is 0 Å². The second kappa shape index (κ2) is 7.85. The normalized spacial score (nSPS) is 13.6. The maximum absolute atomic E-state index is 10.5. The summed E-state index contributed by atoms with van der Waals surface area (Å²) in [4.78, 5) is 10.5. The summed E-state index contributed by atoms with van der Waals surface area (Å²) in [6.45, 7) is 9.95. The first-order chi connectivity index (χ1) is 7.85. The molecule has 0 aromatic carbocycles. The summed E-state index contributed by atoms with van der Waals surface area (Å²) in [5.74, 6) is -0.322. The van der Waals surface area contributed by atoms with Gasteiger partial charge in [-0.25, -0.2) is 0 Å². The highest BCUT2D eigenvalue weighted by molar-refractivity contribution is 5.66. The summed E-state index contributed by atoms with van der Waals surface area (Å²) in [5, 5.41) is 0. The van der Waals surface area contributed by atoms with Gasteiger partial charge in [-0.15, -0.1) is 0 Å². The van der Waals surface area contributed by atoms with E-state index >= 15 is 0 Å². The summed E-state index contributed by atoms with van der Waals surface area (Å²) in [7, 11) is 0. The van der Waals surface area contributed by atoms with E-state index in [0.29, 0.717) is 6.61 Å². The van der Waals surface area contributed by atoms with Gasteiger partial charge >= 0.3 is 5.97 Å². The first-order valence-electron chi connectivity index (χ1n) is 5.65. The average molecular weight is 238 g/mol. The number of ether oxygens (including phenoxy) is 2. The van der Waals surface area contributed by atoms with E-state index in [2.05, 4.69) is 4.74 Å². The lowest BCUT2D eigenvalue weighted by Gasteiger charge is -2.19. The van der Waals surface area contributed by atoms with Crippen molar-refractivity contribution in [3.8, 4) is 0 Å². The van der Waals surface area contributed by atoms with Crippen molar-refractivity contribution in [1.29, 1.82) is 0 Å². The van der Waals surface area contributed by atoms with Crippen LogP contribution < -0.4 is 0 Å². The zero-order valence-electron chi connectivity index (χ0n) is 11.3. The molecule has 0 radical (unpaired) electrons. The standard InChI is InChI=1S/C14H22O3/c1-6-13(11-17-14(3,4)5)9-7-8-10-16-12(2)15/h6-10H,11H2,1-5H3/b9-7-,10-8+,13-6+. The number of esters is 1. The Balaban J connectivity index is 4.10. The van der Waals surface area contributed by atoms with Gasteiger partial charge in [-0.05, 0) is 39.3 Å². The Labute approximate surface area is 104 Å². The molecule has 3 heteroatoms. The van der Waals surface area contributed by atoms with Gasteiger partial charge in [0.05, 0.1) is 18.5 Å². The van der Waals surface area contributed by atoms with Crippen LogP contribution in [0.25, 0.3) is 0 Å². The van der Waals surface area contributed by atoms with Crippen LogP contribution in [-0.2, 0) is 14.3 Å². The van der Waals surface area contributed by atoms with E-state index in [-0.39, 0.29) is 11.6 Å². The van der Waals surface area contributed by atoms with E-state index in [9.17, 15) is 4.79 Å². The Morgan fingerprint density at radius 1 is 1.24 bits per heavy atom. The molecule has 0 heterocycles. The highest BCUT2D eigenvalue weighted by atomic mass is 16.5. The Hall–Kier alpha value is -1.35. The number of carbonyl (C=O) groups is 1. The van der Waals surface area contributed by atoms with Crippen molar-refractivity contribution >= 4 is 5.97 Å². The highest BCUT2D eigenvalue weighted by Gasteiger charge is 2.09. The molecular formula is C14H22O3. The molecule has 0 aliphatic carbocycles. The smallest absolute Gasteiger partial charge is 0.307 e. The molecule has 0 spiro atoms. The molecule has 0 saturated carbocycles. The van der Waals surface area contributed by atoms with Crippen LogP contribution in [0.1, 0.15) is 34.6 Å². The van der Waals surface area contributed by atoms with Crippen molar-refractivity contribution in [1.82, 2.24) is 0 Å². The summed E-state index contributed by atoms with van der Waals surface area (Å²) in [5.41, 5.74) is 0.933. The molecule has 0 aromatic heterocycles. The Bertz CT molecular complexity index is 317. The minimum atomic E-state index is -0.322. The van der Waals surface area contributed by atoms with Crippen molar-refractivity contribution < 1.29 is 14.3 Å². The van der Waals surface area contributed by atoms with Crippen LogP contribution in [-0.4, -0.2) is 18.2 Å². The quantitative estimate of drug-likeness (QED) is 0.418. The molecule has 0 aliphatic heterocycles. The SMILES string of the molecule is C\C=C(/C=C\C=C\OC(C)=O)COC(C)(C)C. The molecule has 0 atom stereocenters. The summed E-state index contributed by atoms with van der Waals surface area (Å²) >= 11 is 0. The second-order valence-electron chi connectivity index (χ2n) is 4.56. The fourth-order valence-electron chi connectivity index (χ4n) is 0.887. The van der Waals surface area contributed by atoms with Crippen LogP contribution in [0.2, 0.25) is 0 Å². The summed E-state index contributed by atoms with van der Waals surface area (Å²) < 4.78 is 10.3. The largest absolute Gasteiger partial charge is 0.435 e. The number of carbonyl (C=O) groups excluding carboxylic acids is 1. The van der Waals surface area contributed by atoms with E-state index in [0.717, 1.165) is 5.57 Å². The molecule has 0 unspecified atom stereocenters. The Kier molecular flexibility index (Phi) is 7.22. The molecule has 96 valence electrons. The fourth-order valence-corrected chi connectivity index (χ4v) is 0.887. The first kappa shape index (κ1) is 15.7. The third-order valence-corrected chi connectivity index (χ3v) is 1.78. The number of rotatable bonds is 5. The maximum Gasteiger partial charge on any atom is 0.307 e. The van der Waals surface area contributed by atoms with Crippen LogP contribution in [0.5, 0.6) is 0 Å². The predicted octanol–water partition coefficient (Wildman–Crippen LogP) is 3.38. The van der Waals surface area contributed by atoms with Crippen molar-refractivity contribution in [3.05, 3.63) is 36.1 Å². The van der Waals surface area contributed by atoms with Gasteiger partial charge in [-0.3, -0.25) is 4.79 Å². The van der Waals surface area contributed by atoms with Crippen LogP contribution >= 0.6 is 0 Å². The zero-order valence-corrected chi connectivity index (χ0v) is 11.3. The molecule has 0 aromatic rings. The lowest BCUT2D eigenvalue weighted by atomic mass is 10.2. The van der Waals surface area contributed by atoms with E-state index in [1.807, 2.05) is 45.9 Å². The number of hydrogen-bond acceptors (Lipinski definition) is 3. The monoisotopic (exact) mass is 238 g/mol. The molecule has 0 fully saturated rings. The lowest BCUT2D eigenvalue weighted by molar-refractivity contribution is -0.135. The topological polar surface area (TPSA) is 35.5 Å². The van der Waals surface area contributed by atoms with Crippen molar-refractivity contribution in [2.24, 2.45) is 0 Å². The van der Waals surface area contributed by atoms with E-state index in [1.54, 1.807) is 6.08 Å². The third kappa shape index (κ3) is 10.9. The van der Waals surface area contributed by atoms with Gasteiger partial charge < -0.3 is 9.47 Å². The number of allylic oxidation sites excluding steroid dienone is 3. The fraction of sp³-hybridized carbons (Fsp3) is 0.500. The van der Waals surface area contributed by atoms with E-state index in [1.165, 1.54) is 13.2 Å². The molecule has 0 aliphatic rings. The molecule has 0 amide bonds. The van der Waals surface area contributed by atoms with Crippen LogP contribution in [0, 0.1) is 0 Å². The second-order valence-corrected chi connectivity index (χ2v) is 4.56. The van der Waals surface area contributed by atoms with Crippen molar-refractivity contribution in [2.75, 3.05) is 6.61 Å². The van der Waals surface area contributed by atoms with Gasteiger partial charge in [0.15, 0.2) is 0 Å². The lowest BCUT2D eigenvalue weighted by Crippen LogP contribution is -2.20. The molecule has 0 N–H and O–H groups in total. The van der Waals surface area contributed by atoms with Crippen molar-refractivity contribution in [3.63, 3.8) is 0 Å². The zero-order chi connectivity index (χ0) is 13.3. The van der Waals surface area contributed by atoms with Gasteiger partial charge in [0.25, 0.3) is 0 Å². The Morgan fingerprint density at radius 2 is 1.88 bits per heavy atom. The van der Waals surface area contributed by atoms with Crippen molar-refractivity contribution in [2.45, 2.75) is 40.2 Å². The van der Waals surface area contributed by atoms with Crippen LogP contribution in [0.3, 0.4) is 0 Å². The summed E-state index contributed by atoms with van der Waals surface area (Å²) in [6.07, 6.45) is 8.75. The van der Waals surface area contributed by atoms with Gasteiger partial charge in [0, 0.05) is 6.92 Å². The van der Waals surface area contributed by atoms with Gasteiger partial charge in [-0.2, -0.15) is 0 Å².